The number of nitrogens with zero attached hydrogens (tertiary/aromatic N) is 1. The van der Waals surface area contributed by atoms with Crippen molar-refractivity contribution in [2.75, 3.05) is 0 Å². The molecule has 1 heterocycles. The molecule has 0 saturated heterocycles. The summed E-state index contributed by atoms with van der Waals surface area (Å²) in [5, 5.41) is 0. The van der Waals surface area contributed by atoms with Crippen LogP contribution in [-0.2, 0) is 6.42 Å². The van der Waals surface area contributed by atoms with Gasteiger partial charge in [-0.15, -0.1) is 0 Å². The fraction of sp³-hybridized carbons (Fsp3) is 0.500. The van der Waals surface area contributed by atoms with Crippen molar-refractivity contribution in [1.29, 1.82) is 0 Å². The minimum atomic E-state index is 0.204. The molecule has 0 aliphatic carbocycles. The Kier molecular flexibility index (Phi) is 6.29. The summed E-state index contributed by atoms with van der Waals surface area (Å²) in [7, 11) is 0. The molecule has 1 aromatic heterocycles. The van der Waals surface area contributed by atoms with Crippen molar-refractivity contribution in [2.45, 2.75) is 33.2 Å². The number of hydrogen-bond donors (Lipinski definition) is 1. The third-order valence-corrected chi connectivity index (χ3v) is 1.26. The maximum absolute atomic E-state index is 5.58. The van der Waals surface area contributed by atoms with E-state index in [-0.39, 0.29) is 6.04 Å². The second kappa shape index (κ2) is 6.80. The van der Waals surface area contributed by atoms with Gasteiger partial charge in [0, 0.05) is 24.4 Å². The van der Waals surface area contributed by atoms with Crippen molar-refractivity contribution in [2.24, 2.45) is 5.73 Å². The predicted octanol–water partition coefficient (Wildman–Crippen LogP) is 2.00. The van der Waals surface area contributed by atoms with Gasteiger partial charge in [-0.25, -0.2) is 0 Å². The van der Waals surface area contributed by atoms with E-state index in [1.54, 1.807) is 6.20 Å². The third-order valence-electron chi connectivity index (χ3n) is 1.26. The summed E-state index contributed by atoms with van der Waals surface area (Å²) in [6, 6.07) is 6.08. The maximum atomic E-state index is 5.58. The Labute approximate surface area is 74.8 Å². The predicted molar refractivity (Wildman–Crippen MR) is 52.9 cm³/mol. The van der Waals surface area contributed by atoms with E-state index < -0.39 is 0 Å². The first-order chi connectivity index (χ1) is 5.79. The topological polar surface area (TPSA) is 38.9 Å². The molecule has 1 aromatic rings. The van der Waals surface area contributed by atoms with Gasteiger partial charge in [0.05, 0.1) is 0 Å². The molecule has 1 atom stereocenters. The average molecular weight is 166 g/mol. The Morgan fingerprint density at radius 3 is 2.50 bits per heavy atom. The zero-order valence-corrected chi connectivity index (χ0v) is 8.12. The van der Waals surface area contributed by atoms with Crippen molar-refractivity contribution in [1.82, 2.24) is 4.98 Å². The quantitative estimate of drug-likeness (QED) is 0.729. The molecule has 0 spiro atoms. The number of rotatable bonds is 2. The van der Waals surface area contributed by atoms with E-state index in [1.807, 2.05) is 39.0 Å². The Morgan fingerprint density at radius 1 is 1.42 bits per heavy atom. The molecular formula is C10H18N2. The second-order valence-electron chi connectivity index (χ2n) is 2.50. The van der Waals surface area contributed by atoms with Gasteiger partial charge in [-0.2, -0.15) is 0 Å². The lowest BCUT2D eigenvalue weighted by Crippen LogP contribution is -2.18. The number of nitrogens with two attached hydrogens (primary N) is 1. The fourth-order valence-electron chi connectivity index (χ4n) is 0.849. The highest BCUT2D eigenvalue weighted by molar-refractivity contribution is 5.04. The molecule has 68 valence electrons. The zero-order chi connectivity index (χ0) is 9.40. The van der Waals surface area contributed by atoms with Gasteiger partial charge in [0.15, 0.2) is 0 Å². The van der Waals surface area contributed by atoms with Crippen LogP contribution in [0.3, 0.4) is 0 Å². The second-order valence-corrected chi connectivity index (χ2v) is 2.50. The summed E-state index contributed by atoms with van der Waals surface area (Å²) in [6.07, 6.45) is 2.65. The molecule has 0 saturated carbocycles. The van der Waals surface area contributed by atoms with Gasteiger partial charge in [-0.1, -0.05) is 19.9 Å². The van der Waals surface area contributed by atoms with Crippen LogP contribution in [0, 0.1) is 0 Å². The van der Waals surface area contributed by atoms with Crippen LogP contribution in [0.5, 0.6) is 0 Å². The van der Waals surface area contributed by atoms with Gasteiger partial charge in [-0.3, -0.25) is 4.98 Å². The Balaban J connectivity index is 0.000000561. The van der Waals surface area contributed by atoms with E-state index in [0.717, 1.165) is 12.1 Å². The van der Waals surface area contributed by atoms with Crippen LogP contribution in [-0.4, -0.2) is 11.0 Å². The van der Waals surface area contributed by atoms with Gasteiger partial charge in [0.1, 0.15) is 0 Å². The lowest BCUT2D eigenvalue weighted by atomic mass is 10.2. The van der Waals surface area contributed by atoms with Crippen molar-refractivity contribution >= 4 is 0 Å². The Bertz CT molecular complexity index is 182. The first-order valence-electron chi connectivity index (χ1n) is 4.44. The number of aromatic nitrogens is 1. The van der Waals surface area contributed by atoms with Gasteiger partial charge in [-0.05, 0) is 19.1 Å². The van der Waals surface area contributed by atoms with E-state index in [2.05, 4.69) is 4.98 Å². The van der Waals surface area contributed by atoms with E-state index in [9.17, 15) is 0 Å². The highest BCUT2D eigenvalue weighted by Crippen LogP contribution is 1.95. The minimum Gasteiger partial charge on any atom is -0.328 e. The molecule has 0 aromatic carbocycles. The molecule has 0 radical (unpaired) electrons. The molecule has 0 aliphatic rings. The number of hydrogen-bond acceptors (Lipinski definition) is 2. The SMILES string of the molecule is CC.CC(N)Cc1ccccn1. The van der Waals surface area contributed by atoms with E-state index in [0.29, 0.717) is 0 Å². The molecule has 2 nitrogen and oxygen atoms in total. The molecule has 0 aliphatic heterocycles. The van der Waals surface area contributed by atoms with Crippen molar-refractivity contribution in [3.63, 3.8) is 0 Å². The standard InChI is InChI=1S/C8H12N2.C2H6/c1-7(9)6-8-4-2-3-5-10-8;1-2/h2-5,7H,6,9H2,1H3;1-2H3. The molecule has 1 unspecified atom stereocenters. The molecule has 0 bridgehead atoms. The van der Waals surface area contributed by atoms with E-state index in [4.69, 9.17) is 5.73 Å². The summed E-state index contributed by atoms with van der Waals surface area (Å²) < 4.78 is 0. The van der Waals surface area contributed by atoms with E-state index >= 15 is 0 Å². The van der Waals surface area contributed by atoms with Crippen molar-refractivity contribution in [3.05, 3.63) is 30.1 Å². The van der Waals surface area contributed by atoms with Crippen LogP contribution < -0.4 is 5.73 Å². The van der Waals surface area contributed by atoms with Gasteiger partial charge < -0.3 is 5.73 Å². The smallest absolute Gasteiger partial charge is 0.0418 e. The molecular weight excluding hydrogens is 148 g/mol. The third kappa shape index (κ3) is 4.85. The van der Waals surface area contributed by atoms with Gasteiger partial charge in [0.2, 0.25) is 0 Å². The minimum absolute atomic E-state index is 0.204. The van der Waals surface area contributed by atoms with Crippen LogP contribution in [0.15, 0.2) is 24.4 Å². The molecule has 0 amide bonds. The lowest BCUT2D eigenvalue weighted by molar-refractivity contribution is 0.722. The van der Waals surface area contributed by atoms with Gasteiger partial charge >= 0.3 is 0 Å². The van der Waals surface area contributed by atoms with Crippen LogP contribution in [0.2, 0.25) is 0 Å². The molecule has 2 N–H and O–H groups in total. The lowest BCUT2D eigenvalue weighted by Gasteiger charge is -2.01. The summed E-state index contributed by atoms with van der Waals surface area (Å²) in [6.45, 7) is 5.98. The Morgan fingerprint density at radius 2 is 2.08 bits per heavy atom. The van der Waals surface area contributed by atoms with Crippen LogP contribution in [0.4, 0.5) is 0 Å². The molecule has 1 rings (SSSR count). The van der Waals surface area contributed by atoms with E-state index in [1.165, 1.54) is 0 Å². The summed E-state index contributed by atoms with van der Waals surface area (Å²) in [4.78, 5) is 4.14. The number of pyridine rings is 1. The Hall–Kier alpha value is -0.890. The average Bonchev–Trinajstić information content (AvgIpc) is 2.08. The maximum Gasteiger partial charge on any atom is 0.0418 e. The van der Waals surface area contributed by atoms with Crippen molar-refractivity contribution in [3.8, 4) is 0 Å². The highest BCUT2D eigenvalue weighted by Gasteiger charge is 1.95. The van der Waals surface area contributed by atoms with Crippen LogP contribution in [0.1, 0.15) is 26.5 Å². The largest absolute Gasteiger partial charge is 0.328 e. The monoisotopic (exact) mass is 166 g/mol. The first kappa shape index (κ1) is 11.1. The summed E-state index contributed by atoms with van der Waals surface area (Å²) in [5.74, 6) is 0. The highest BCUT2D eigenvalue weighted by atomic mass is 14.7. The van der Waals surface area contributed by atoms with Gasteiger partial charge in [0.25, 0.3) is 0 Å². The molecule has 12 heavy (non-hydrogen) atoms. The normalized spacial score (nSPS) is 11.3. The van der Waals surface area contributed by atoms with Crippen LogP contribution >= 0.6 is 0 Å². The molecule has 2 heteroatoms. The summed E-state index contributed by atoms with van der Waals surface area (Å²) >= 11 is 0. The first-order valence-corrected chi connectivity index (χ1v) is 4.44. The zero-order valence-electron chi connectivity index (χ0n) is 8.12. The summed E-state index contributed by atoms with van der Waals surface area (Å²) in [5.41, 5.74) is 6.65. The van der Waals surface area contributed by atoms with Crippen molar-refractivity contribution < 1.29 is 0 Å². The molecule has 0 fully saturated rings. The van der Waals surface area contributed by atoms with Crippen LogP contribution in [0.25, 0.3) is 0 Å². The fourth-order valence-corrected chi connectivity index (χ4v) is 0.849.